The lowest BCUT2D eigenvalue weighted by molar-refractivity contribution is 0.298. The quantitative estimate of drug-likeness (QED) is 0.305. The molecule has 1 heterocycles. The van der Waals surface area contributed by atoms with Crippen LogP contribution in [0, 0.1) is 0 Å². The molecule has 146 valence electrons. The van der Waals surface area contributed by atoms with Crippen LogP contribution in [0.2, 0.25) is 10.0 Å². The van der Waals surface area contributed by atoms with Crippen molar-refractivity contribution in [2.75, 3.05) is 6.61 Å². The molecule has 29 heavy (non-hydrogen) atoms. The van der Waals surface area contributed by atoms with Gasteiger partial charge in [-0.15, -0.1) is 6.58 Å². The standard InChI is InChI=1S/C24H20Cl2N2O/c1-2-7-17-8-3-6-11-23(17)29-15-14-28-22-10-5-4-9-21(22)27-24(28)19-13-12-18(25)16-20(19)26/h2-6,8-13,16H,1,7,14-15H2. The van der Waals surface area contributed by atoms with Crippen molar-refractivity contribution < 1.29 is 4.74 Å². The number of aromatic nitrogens is 2. The lowest BCUT2D eigenvalue weighted by atomic mass is 10.1. The van der Waals surface area contributed by atoms with Crippen LogP contribution in [0.1, 0.15) is 5.56 Å². The molecule has 0 aliphatic rings. The van der Waals surface area contributed by atoms with Gasteiger partial charge >= 0.3 is 0 Å². The summed E-state index contributed by atoms with van der Waals surface area (Å²) in [7, 11) is 0. The van der Waals surface area contributed by atoms with E-state index in [4.69, 9.17) is 32.9 Å². The average Bonchev–Trinajstić information content (AvgIpc) is 3.08. The van der Waals surface area contributed by atoms with Crippen LogP contribution >= 0.6 is 23.2 Å². The number of rotatable bonds is 7. The Hall–Kier alpha value is -2.75. The predicted octanol–water partition coefficient (Wildman–Crippen LogP) is 6.82. The summed E-state index contributed by atoms with van der Waals surface area (Å²) in [5.41, 5.74) is 3.93. The van der Waals surface area contributed by atoms with Crippen molar-refractivity contribution in [3.63, 3.8) is 0 Å². The van der Waals surface area contributed by atoms with Crippen LogP contribution in [-0.4, -0.2) is 16.2 Å². The molecule has 0 unspecified atom stereocenters. The highest BCUT2D eigenvalue weighted by atomic mass is 35.5. The van der Waals surface area contributed by atoms with Gasteiger partial charge in [-0.3, -0.25) is 0 Å². The van der Waals surface area contributed by atoms with Crippen LogP contribution in [0.3, 0.4) is 0 Å². The zero-order chi connectivity index (χ0) is 20.2. The first-order valence-corrected chi connectivity index (χ1v) is 10.2. The number of allylic oxidation sites excluding steroid dienone is 1. The molecule has 0 saturated heterocycles. The van der Waals surface area contributed by atoms with Crippen LogP contribution in [0.15, 0.2) is 79.4 Å². The Kier molecular flexibility index (Phi) is 5.89. The Morgan fingerprint density at radius 1 is 1.00 bits per heavy atom. The molecule has 0 atom stereocenters. The van der Waals surface area contributed by atoms with Gasteiger partial charge in [0.2, 0.25) is 0 Å². The van der Waals surface area contributed by atoms with Crippen molar-refractivity contribution in [1.29, 1.82) is 0 Å². The van der Waals surface area contributed by atoms with Gasteiger partial charge in [0.25, 0.3) is 0 Å². The third kappa shape index (κ3) is 4.16. The summed E-state index contributed by atoms with van der Waals surface area (Å²) in [6.07, 6.45) is 2.65. The topological polar surface area (TPSA) is 27.1 Å². The van der Waals surface area contributed by atoms with Crippen LogP contribution in [-0.2, 0) is 13.0 Å². The molecule has 3 nitrogen and oxygen atoms in total. The van der Waals surface area contributed by atoms with Crippen LogP contribution in [0.5, 0.6) is 5.75 Å². The number of benzene rings is 3. The molecule has 0 radical (unpaired) electrons. The minimum atomic E-state index is 0.507. The average molecular weight is 423 g/mol. The Balaban J connectivity index is 1.66. The third-order valence-electron chi connectivity index (χ3n) is 4.74. The lowest BCUT2D eigenvalue weighted by Crippen LogP contribution is -2.10. The molecule has 0 spiro atoms. The molecule has 0 aliphatic heterocycles. The second-order valence-corrected chi connectivity index (χ2v) is 7.49. The van der Waals surface area contributed by atoms with Gasteiger partial charge in [-0.25, -0.2) is 4.98 Å². The molecule has 4 rings (SSSR count). The summed E-state index contributed by atoms with van der Waals surface area (Å²) >= 11 is 12.5. The van der Waals surface area contributed by atoms with E-state index >= 15 is 0 Å². The minimum absolute atomic E-state index is 0.507. The van der Waals surface area contributed by atoms with Crippen molar-refractivity contribution >= 4 is 34.2 Å². The monoisotopic (exact) mass is 422 g/mol. The number of imidazole rings is 1. The van der Waals surface area contributed by atoms with E-state index in [9.17, 15) is 0 Å². The molecule has 4 aromatic rings. The number of hydrogen-bond acceptors (Lipinski definition) is 2. The van der Waals surface area contributed by atoms with Gasteiger partial charge in [-0.1, -0.05) is 59.6 Å². The maximum Gasteiger partial charge on any atom is 0.142 e. The van der Waals surface area contributed by atoms with E-state index in [-0.39, 0.29) is 0 Å². The molecule has 3 aromatic carbocycles. The van der Waals surface area contributed by atoms with E-state index < -0.39 is 0 Å². The maximum absolute atomic E-state index is 6.47. The molecule has 0 amide bonds. The van der Waals surface area contributed by atoms with Crippen molar-refractivity contribution in [1.82, 2.24) is 9.55 Å². The van der Waals surface area contributed by atoms with E-state index in [1.165, 1.54) is 0 Å². The highest BCUT2D eigenvalue weighted by molar-refractivity contribution is 6.36. The van der Waals surface area contributed by atoms with Gasteiger partial charge in [0.05, 0.1) is 22.6 Å². The van der Waals surface area contributed by atoms with Gasteiger partial charge in [-0.2, -0.15) is 0 Å². The van der Waals surface area contributed by atoms with E-state index in [0.717, 1.165) is 40.2 Å². The van der Waals surface area contributed by atoms with Gasteiger partial charge in [0, 0.05) is 10.6 Å². The summed E-state index contributed by atoms with van der Waals surface area (Å²) in [4.78, 5) is 4.81. The molecule has 0 N–H and O–H groups in total. The first-order valence-electron chi connectivity index (χ1n) is 9.39. The zero-order valence-corrected chi connectivity index (χ0v) is 17.3. The fraction of sp³-hybridized carbons (Fsp3) is 0.125. The maximum atomic E-state index is 6.47. The van der Waals surface area contributed by atoms with E-state index in [1.54, 1.807) is 6.07 Å². The minimum Gasteiger partial charge on any atom is -0.491 e. The molecule has 1 aromatic heterocycles. The first-order chi connectivity index (χ1) is 14.2. The molecular formula is C24H20Cl2N2O. The number of nitrogens with zero attached hydrogens (tertiary/aromatic N) is 2. The second kappa shape index (κ2) is 8.73. The third-order valence-corrected chi connectivity index (χ3v) is 5.28. The largest absolute Gasteiger partial charge is 0.491 e. The zero-order valence-electron chi connectivity index (χ0n) is 15.8. The summed E-state index contributed by atoms with van der Waals surface area (Å²) < 4.78 is 8.24. The fourth-order valence-corrected chi connectivity index (χ4v) is 3.89. The second-order valence-electron chi connectivity index (χ2n) is 6.65. The Bertz CT molecular complexity index is 1170. The Morgan fingerprint density at radius 2 is 1.79 bits per heavy atom. The molecule has 0 aliphatic carbocycles. The van der Waals surface area contributed by atoms with Gasteiger partial charge in [-0.05, 0) is 48.4 Å². The van der Waals surface area contributed by atoms with Crippen molar-refractivity contribution in [3.05, 3.63) is 95.0 Å². The lowest BCUT2D eigenvalue weighted by Gasteiger charge is -2.13. The number of hydrogen-bond donors (Lipinski definition) is 0. The molecule has 5 heteroatoms. The smallest absolute Gasteiger partial charge is 0.142 e. The Morgan fingerprint density at radius 3 is 2.62 bits per heavy atom. The van der Waals surface area contributed by atoms with Crippen LogP contribution in [0.4, 0.5) is 0 Å². The normalized spacial score (nSPS) is 11.0. The summed E-state index contributed by atoms with van der Waals surface area (Å²) in [6, 6.07) is 21.6. The number of ether oxygens (including phenoxy) is 1. The SMILES string of the molecule is C=CCc1ccccc1OCCn1c(-c2ccc(Cl)cc2Cl)nc2ccccc21. The van der Waals surface area contributed by atoms with Gasteiger partial charge in [0.15, 0.2) is 0 Å². The van der Waals surface area contributed by atoms with Crippen LogP contribution < -0.4 is 4.74 Å². The molecular weight excluding hydrogens is 403 g/mol. The van der Waals surface area contributed by atoms with Gasteiger partial charge < -0.3 is 9.30 Å². The summed E-state index contributed by atoms with van der Waals surface area (Å²) in [6.45, 7) is 4.96. The summed E-state index contributed by atoms with van der Waals surface area (Å²) in [5.74, 6) is 1.68. The molecule has 0 fully saturated rings. The molecule has 0 bridgehead atoms. The van der Waals surface area contributed by atoms with E-state index in [0.29, 0.717) is 23.2 Å². The first kappa shape index (κ1) is 19.6. The highest BCUT2D eigenvalue weighted by Gasteiger charge is 2.15. The highest BCUT2D eigenvalue weighted by Crippen LogP contribution is 2.32. The van der Waals surface area contributed by atoms with Crippen molar-refractivity contribution in [2.45, 2.75) is 13.0 Å². The number of para-hydroxylation sites is 3. The van der Waals surface area contributed by atoms with Crippen molar-refractivity contribution in [3.8, 4) is 17.1 Å². The number of fused-ring (bicyclic) bond motifs is 1. The van der Waals surface area contributed by atoms with Crippen molar-refractivity contribution in [2.24, 2.45) is 0 Å². The fourth-order valence-electron chi connectivity index (χ4n) is 3.39. The Labute approximate surface area is 180 Å². The summed E-state index contributed by atoms with van der Waals surface area (Å²) in [5, 5.41) is 1.18. The molecule has 0 saturated carbocycles. The number of halogens is 2. The predicted molar refractivity (Wildman–Crippen MR) is 121 cm³/mol. The van der Waals surface area contributed by atoms with Crippen LogP contribution in [0.25, 0.3) is 22.4 Å². The van der Waals surface area contributed by atoms with Gasteiger partial charge in [0.1, 0.15) is 18.2 Å². The van der Waals surface area contributed by atoms with E-state index in [2.05, 4.69) is 23.3 Å². The van der Waals surface area contributed by atoms with E-state index in [1.807, 2.05) is 54.6 Å².